The molecule has 4 rings (SSSR count). The van der Waals surface area contributed by atoms with Crippen molar-refractivity contribution in [3.8, 4) is 11.5 Å². The predicted octanol–water partition coefficient (Wildman–Crippen LogP) is 1.71. The highest BCUT2D eigenvalue weighted by Crippen LogP contribution is 2.37. The molecule has 1 amide bonds. The summed E-state index contributed by atoms with van der Waals surface area (Å²) in [5, 5.41) is 6.43. The summed E-state index contributed by atoms with van der Waals surface area (Å²) in [6.45, 7) is 3.49. The molecule has 0 aliphatic carbocycles. The van der Waals surface area contributed by atoms with E-state index >= 15 is 0 Å². The minimum Gasteiger partial charge on any atom is -0.454 e. The molecule has 142 valence electrons. The normalized spacial score (nSPS) is 24.4. The second kappa shape index (κ2) is 7.89. The van der Waals surface area contributed by atoms with E-state index in [0.717, 1.165) is 55.5 Å². The van der Waals surface area contributed by atoms with Gasteiger partial charge in [0.2, 0.25) is 12.7 Å². The summed E-state index contributed by atoms with van der Waals surface area (Å²) in [7, 11) is 1.80. The molecule has 2 N–H and O–H groups in total. The van der Waals surface area contributed by atoms with Crippen molar-refractivity contribution in [2.45, 2.75) is 25.8 Å². The Morgan fingerprint density at radius 3 is 3.08 bits per heavy atom. The smallest absolute Gasteiger partial charge is 0.231 e. The van der Waals surface area contributed by atoms with E-state index in [9.17, 15) is 4.79 Å². The number of halogens is 1. The summed E-state index contributed by atoms with van der Waals surface area (Å²) in [6.07, 6.45) is 2.79. The molecular weight excluding hydrogens is 447 g/mol. The van der Waals surface area contributed by atoms with Crippen LogP contribution in [0.3, 0.4) is 0 Å². The number of rotatable bonds is 2. The first kappa shape index (κ1) is 19.1. The number of para-hydroxylation sites is 1. The number of likely N-dealkylation sites (tertiary alicyclic amines) is 1. The second-order valence-electron chi connectivity index (χ2n) is 7.03. The molecule has 0 saturated carbocycles. The van der Waals surface area contributed by atoms with Crippen LogP contribution in [0.1, 0.15) is 24.8 Å². The Bertz CT molecular complexity index is 712. The number of amides is 1. The Morgan fingerprint density at radius 1 is 1.42 bits per heavy atom. The maximum absolute atomic E-state index is 11.7. The van der Waals surface area contributed by atoms with Crippen LogP contribution in [0, 0.1) is 5.41 Å². The monoisotopic (exact) mass is 472 g/mol. The summed E-state index contributed by atoms with van der Waals surface area (Å²) in [5.41, 5.74) is 1.11. The fraction of sp³-hybridized carbons (Fsp3) is 0.556. The van der Waals surface area contributed by atoms with Gasteiger partial charge in [-0.2, -0.15) is 0 Å². The summed E-state index contributed by atoms with van der Waals surface area (Å²) < 4.78 is 11.0. The highest BCUT2D eigenvalue weighted by molar-refractivity contribution is 14.0. The molecule has 8 heteroatoms. The lowest BCUT2D eigenvalue weighted by atomic mass is 9.79. The van der Waals surface area contributed by atoms with Gasteiger partial charge < -0.3 is 25.0 Å². The zero-order valence-corrected chi connectivity index (χ0v) is 17.2. The third-order valence-corrected chi connectivity index (χ3v) is 5.28. The average molecular weight is 472 g/mol. The number of guanidine groups is 1. The van der Waals surface area contributed by atoms with Crippen molar-refractivity contribution in [2.75, 3.05) is 33.5 Å². The standard InChI is InChI=1S/C18H24N4O3.HI/c1-19-17(20-9-13-4-2-5-14-16(13)25-12-24-14)22-7-3-6-18(11-22)8-15(23)21-10-18;/h2,4-5H,3,6-12H2,1H3,(H,19,20)(H,21,23);1H. The van der Waals surface area contributed by atoms with E-state index in [1.165, 1.54) is 0 Å². The number of aliphatic imine (C=N–C) groups is 1. The topological polar surface area (TPSA) is 75.2 Å². The molecule has 0 radical (unpaired) electrons. The Labute approximate surface area is 170 Å². The lowest BCUT2D eigenvalue weighted by molar-refractivity contribution is -0.119. The molecule has 3 heterocycles. The molecule has 1 unspecified atom stereocenters. The van der Waals surface area contributed by atoms with E-state index < -0.39 is 0 Å². The van der Waals surface area contributed by atoms with E-state index in [1.807, 2.05) is 18.2 Å². The number of fused-ring (bicyclic) bond motifs is 1. The summed E-state index contributed by atoms with van der Waals surface area (Å²) in [5.74, 6) is 2.64. The van der Waals surface area contributed by atoms with Gasteiger partial charge in [-0.25, -0.2) is 0 Å². The van der Waals surface area contributed by atoms with Crippen LogP contribution in [0.5, 0.6) is 11.5 Å². The Kier molecular flexibility index (Phi) is 5.79. The largest absolute Gasteiger partial charge is 0.454 e. The minimum atomic E-state index is 0. The molecule has 1 atom stereocenters. The van der Waals surface area contributed by atoms with Crippen LogP contribution in [0.2, 0.25) is 0 Å². The second-order valence-corrected chi connectivity index (χ2v) is 7.03. The number of benzene rings is 1. The Balaban J connectivity index is 0.00000196. The molecule has 3 aliphatic heterocycles. The molecule has 0 bridgehead atoms. The third-order valence-electron chi connectivity index (χ3n) is 5.28. The fourth-order valence-corrected chi connectivity index (χ4v) is 4.07. The number of ether oxygens (including phenoxy) is 2. The van der Waals surface area contributed by atoms with Crippen LogP contribution >= 0.6 is 24.0 Å². The SMILES string of the molecule is CN=C(NCc1cccc2c1OCO2)N1CCCC2(CNC(=O)C2)C1.I. The molecule has 2 fully saturated rings. The van der Waals surface area contributed by atoms with Crippen LogP contribution in [-0.4, -0.2) is 50.2 Å². The summed E-state index contributed by atoms with van der Waals surface area (Å²) >= 11 is 0. The van der Waals surface area contributed by atoms with Crippen molar-refractivity contribution in [3.63, 3.8) is 0 Å². The third kappa shape index (κ3) is 3.70. The van der Waals surface area contributed by atoms with Crippen LogP contribution in [0.25, 0.3) is 0 Å². The number of hydrogen-bond donors (Lipinski definition) is 2. The van der Waals surface area contributed by atoms with Gasteiger partial charge in [0.15, 0.2) is 17.5 Å². The lowest BCUT2D eigenvalue weighted by Crippen LogP contribution is -2.51. The average Bonchev–Trinajstić information content (AvgIpc) is 3.23. The number of hydrogen-bond acceptors (Lipinski definition) is 4. The van der Waals surface area contributed by atoms with Crippen LogP contribution in [0.4, 0.5) is 0 Å². The number of carbonyl (C=O) groups is 1. The maximum atomic E-state index is 11.7. The Morgan fingerprint density at radius 2 is 2.31 bits per heavy atom. The van der Waals surface area contributed by atoms with Gasteiger partial charge >= 0.3 is 0 Å². The molecule has 1 aromatic carbocycles. The molecule has 1 spiro atoms. The van der Waals surface area contributed by atoms with E-state index in [0.29, 0.717) is 13.0 Å². The molecule has 3 aliphatic rings. The van der Waals surface area contributed by atoms with Gasteiger partial charge in [-0.05, 0) is 18.9 Å². The highest BCUT2D eigenvalue weighted by Gasteiger charge is 2.42. The number of piperidine rings is 1. The van der Waals surface area contributed by atoms with Gasteiger partial charge in [-0.3, -0.25) is 9.79 Å². The zero-order valence-electron chi connectivity index (χ0n) is 14.9. The number of carbonyl (C=O) groups excluding carboxylic acids is 1. The van der Waals surface area contributed by atoms with E-state index in [-0.39, 0.29) is 42.1 Å². The van der Waals surface area contributed by atoms with Gasteiger partial charge in [-0.15, -0.1) is 24.0 Å². The molecular formula is C18H25IN4O3. The summed E-state index contributed by atoms with van der Waals surface area (Å²) in [6, 6.07) is 5.92. The molecule has 26 heavy (non-hydrogen) atoms. The van der Waals surface area contributed by atoms with E-state index in [4.69, 9.17) is 9.47 Å². The van der Waals surface area contributed by atoms with Gasteiger partial charge in [0, 0.05) is 50.6 Å². The fourth-order valence-electron chi connectivity index (χ4n) is 4.07. The van der Waals surface area contributed by atoms with Crippen LogP contribution in [0.15, 0.2) is 23.2 Å². The van der Waals surface area contributed by atoms with Crippen molar-refractivity contribution >= 4 is 35.8 Å². The van der Waals surface area contributed by atoms with Gasteiger partial charge in [0.05, 0.1) is 0 Å². The molecule has 2 saturated heterocycles. The first-order chi connectivity index (χ1) is 12.2. The molecule has 7 nitrogen and oxygen atoms in total. The van der Waals surface area contributed by atoms with Crippen LogP contribution < -0.4 is 20.1 Å². The number of nitrogens with zero attached hydrogens (tertiary/aromatic N) is 2. The van der Waals surface area contributed by atoms with E-state index in [2.05, 4.69) is 20.5 Å². The number of nitrogens with one attached hydrogen (secondary N) is 2. The first-order valence-corrected chi connectivity index (χ1v) is 8.79. The van der Waals surface area contributed by atoms with Gasteiger partial charge in [0.1, 0.15) is 0 Å². The molecule has 1 aromatic rings. The maximum Gasteiger partial charge on any atom is 0.231 e. The molecule has 0 aromatic heterocycles. The zero-order chi connectivity index (χ0) is 17.3. The Hall–Kier alpha value is -1.71. The van der Waals surface area contributed by atoms with Crippen LogP contribution in [-0.2, 0) is 11.3 Å². The van der Waals surface area contributed by atoms with Crippen molar-refractivity contribution in [2.24, 2.45) is 10.4 Å². The quantitative estimate of drug-likeness (QED) is 0.390. The predicted molar refractivity (Wildman–Crippen MR) is 109 cm³/mol. The van der Waals surface area contributed by atoms with Crippen molar-refractivity contribution in [1.82, 2.24) is 15.5 Å². The lowest BCUT2D eigenvalue weighted by Gasteiger charge is -2.40. The van der Waals surface area contributed by atoms with Gasteiger partial charge in [-0.1, -0.05) is 12.1 Å². The van der Waals surface area contributed by atoms with Gasteiger partial charge in [0.25, 0.3) is 0 Å². The highest BCUT2D eigenvalue weighted by atomic mass is 127. The minimum absolute atomic E-state index is 0. The van der Waals surface area contributed by atoms with E-state index in [1.54, 1.807) is 7.05 Å². The summed E-state index contributed by atoms with van der Waals surface area (Å²) in [4.78, 5) is 18.4. The van der Waals surface area contributed by atoms with Crippen molar-refractivity contribution < 1.29 is 14.3 Å². The van der Waals surface area contributed by atoms with Crippen molar-refractivity contribution in [1.29, 1.82) is 0 Å². The van der Waals surface area contributed by atoms with Crippen molar-refractivity contribution in [3.05, 3.63) is 23.8 Å². The first-order valence-electron chi connectivity index (χ1n) is 8.79.